The first-order chi connectivity index (χ1) is 12.2. The van der Waals surface area contributed by atoms with Crippen LogP contribution in [0.3, 0.4) is 0 Å². The summed E-state index contributed by atoms with van der Waals surface area (Å²) in [4.78, 5) is 4.29. The van der Waals surface area contributed by atoms with Crippen LogP contribution >= 0.6 is 11.9 Å². The van der Waals surface area contributed by atoms with Gasteiger partial charge in [-0.2, -0.15) is 0 Å². The van der Waals surface area contributed by atoms with E-state index in [4.69, 9.17) is 4.74 Å². The smallest absolute Gasteiger partial charge is 0.165 e. The Labute approximate surface area is 149 Å². The highest BCUT2D eigenvalue weighted by Gasteiger charge is 2.21. The van der Waals surface area contributed by atoms with Crippen LogP contribution in [0.1, 0.15) is 12.8 Å². The molecule has 1 aliphatic carbocycles. The van der Waals surface area contributed by atoms with Gasteiger partial charge in [0.15, 0.2) is 11.6 Å². The quantitative estimate of drug-likeness (QED) is 0.584. The van der Waals surface area contributed by atoms with Gasteiger partial charge in [0.05, 0.1) is 12.6 Å². The van der Waals surface area contributed by atoms with Crippen molar-refractivity contribution in [3.05, 3.63) is 54.5 Å². The van der Waals surface area contributed by atoms with E-state index in [1.54, 1.807) is 24.2 Å². The third-order valence-corrected chi connectivity index (χ3v) is 5.21. The van der Waals surface area contributed by atoms with E-state index in [1.165, 1.54) is 26.0 Å². The van der Waals surface area contributed by atoms with Crippen LogP contribution in [0.15, 0.2) is 48.7 Å². The number of hydrogen-bond acceptors (Lipinski definition) is 5. The fourth-order valence-electron chi connectivity index (χ4n) is 2.53. The van der Waals surface area contributed by atoms with Gasteiger partial charge in [0, 0.05) is 40.0 Å². The number of nitrogens with zero attached hydrogens (tertiary/aromatic N) is 1. The van der Waals surface area contributed by atoms with E-state index < -0.39 is 5.82 Å². The normalized spacial score (nSPS) is 13.7. The molecule has 1 aromatic heterocycles. The summed E-state index contributed by atoms with van der Waals surface area (Å²) in [5.74, 6) is -0.205. The van der Waals surface area contributed by atoms with Crippen molar-refractivity contribution in [2.45, 2.75) is 18.1 Å². The minimum atomic E-state index is -0.400. The number of nitrogens with one attached hydrogen (secondary N) is 2. The van der Waals surface area contributed by atoms with Gasteiger partial charge in [-0.25, -0.2) is 4.39 Å². The van der Waals surface area contributed by atoms with E-state index in [-0.39, 0.29) is 5.75 Å². The summed E-state index contributed by atoms with van der Waals surface area (Å²) in [6, 6.07) is 13.0. The highest BCUT2D eigenvalue weighted by atomic mass is 32.2. The van der Waals surface area contributed by atoms with Crippen LogP contribution in [0, 0.1) is 5.82 Å². The first kappa shape index (κ1) is 16.0. The molecule has 1 aliphatic rings. The van der Waals surface area contributed by atoms with Gasteiger partial charge < -0.3 is 14.8 Å². The Morgan fingerprint density at radius 3 is 2.60 bits per heavy atom. The molecule has 1 saturated carbocycles. The summed E-state index contributed by atoms with van der Waals surface area (Å²) in [5, 5.41) is 4.81. The van der Waals surface area contributed by atoms with Gasteiger partial charge in [-0.3, -0.25) is 4.98 Å². The van der Waals surface area contributed by atoms with Gasteiger partial charge in [0.2, 0.25) is 0 Å². The Hall–Kier alpha value is -2.47. The van der Waals surface area contributed by atoms with Crippen molar-refractivity contribution < 1.29 is 9.13 Å². The van der Waals surface area contributed by atoms with Gasteiger partial charge in [0.25, 0.3) is 0 Å². The number of pyridine rings is 1. The van der Waals surface area contributed by atoms with E-state index in [1.807, 2.05) is 30.3 Å². The molecular weight excluding hydrogens is 337 g/mol. The summed E-state index contributed by atoms with van der Waals surface area (Å²) in [7, 11) is 1.45. The minimum Gasteiger partial charge on any atom is -0.494 e. The number of aromatic nitrogens is 1. The summed E-state index contributed by atoms with van der Waals surface area (Å²) in [6.07, 6.45) is 4.30. The molecule has 2 N–H and O–H groups in total. The predicted octanol–water partition coefficient (Wildman–Crippen LogP) is 5.35. The molecule has 4 rings (SSSR count). The summed E-state index contributed by atoms with van der Waals surface area (Å²) in [5.41, 5.74) is 3.51. The third kappa shape index (κ3) is 3.64. The fraction of sp³-hybridized carbons (Fsp3) is 0.211. The molecule has 2 aromatic carbocycles. The number of ether oxygens (including phenoxy) is 1. The van der Waals surface area contributed by atoms with Crippen molar-refractivity contribution in [2.24, 2.45) is 0 Å². The summed E-state index contributed by atoms with van der Waals surface area (Å²) >= 11 is 1.78. The average Bonchev–Trinajstić information content (AvgIpc) is 3.46. The maximum absolute atomic E-state index is 14.1. The molecule has 0 aliphatic heterocycles. The molecule has 0 saturated heterocycles. The van der Waals surface area contributed by atoms with E-state index >= 15 is 0 Å². The lowest BCUT2D eigenvalue weighted by Crippen LogP contribution is -1.95. The maximum atomic E-state index is 14.1. The van der Waals surface area contributed by atoms with Gasteiger partial charge in [-0.15, -0.1) is 0 Å². The number of anilines is 3. The van der Waals surface area contributed by atoms with Gasteiger partial charge in [-0.1, -0.05) is 0 Å². The lowest BCUT2D eigenvalue weighted by molar-refractivity contribution is 0.387. The standard InChI is InChI=1S/C19H18FN3OS/c1-24-19-11-18-15(10-16(19)20)17(8-9-21-18)22-12-2-4-13(5-3-12)23-25-14-6-7-14/h2-5,8-11,14,23H,6-7H2,1H3,(H,21,22). The van der Waals surface area contributed by atoms with Crippen molar-refractivity contribution >= 4 is 39.9 Å². The van der Waals surface area contributed by atoms with Crippen molar-refractivity contribution in [3.8, 4) is 5.75 Å². The highest BCUT2D eigenvalue weighted by molar-refractivity contribution is 8.01. The van der Waals surface area contributed by atoms with Gasteiger partial charge in [-0.05, 0) is 61.2 Å². The monoisotopic (exact) mass is 355 g/mol. The number of hydrogen-bond donors (Lipinski definition) is 2. The topological polar surface area (TPSA) is 46.2 Å². The molecular formula is C19H18FN3OS. The number of methoxy groups -OCH3 is 1. The second-order valence-corrected chi connectivity index (χ2v) is 7.09. The van der Waals surface area contributed by atoms with Crippen LogP contribution in [0.4, 0.5) is 21.5 Å². The molecule has 6 heteroatoms. The lowest BCUT2D eigenvalue weighted by atomic mass is 10.1. The number of halogens is 1. The van der Waals surface area contributed by atoms with Crippen molar-refractivity contribution in [1.82, 2.24) is 4.98 Å². The average molecular weight is 355 g/mol. The minimum absolute atomic E-state index is 0.195. The molecule has 25 heavy (non-hydrogen) atoms. The molecule has 3 aromatic rings. The van der Waals surface area contributed by atoms with Crippen LogP contribution in [0.2, 0.25) is 0 Å². The predicted molar refractivity (Wildman–Crippen MR) is 102 cm³/mol. The molecule has 0 unspecified atom stereocenters. The Kier molecular flexibility index (Phi) is 4.36. The van der Waals surface area contributed by atoms with E-state index in [0.29, 0.717) is 10.9 Å². The van der Waals surface area contributed by atoms with Crippen molar-refractivity contribution in [3.63, 3.8) is 0 Å². The molecule has 0 atom stereocenters. The van der Waals surface area contributed by atoms with E-state index in [0.717, 1.165) is 22.3 Å². The summed E-state index contributed by atoms with van der Waals surface area (Å²) in [6.45, 7) is 0. The van der Waals surface area contributed by atoms with Crippen LogP contribution in [-0.4, -0.2) is 17.3 Å². The Balaban J connectivity index is 1.56. The number of rotatable bonds is 6. The van der Waals surface area contributed by atoms with Gasteiger partial charge in [0.1, 0.15) is 0 Å². The Bertz CT molecular complexity index is 897. The number of fused-ring (bicyclic) bond motifs is 1. The molecule has 128 valence electrons. The van der Waals surface area contributed by atoms with Gasteiger partial charge >= 0.3 is 0 Å². The molecule has 0 bridgehead atoms. The Morgan fingerprint density at radius 2 is 1.88 bits per heavy atom. The third-order valence-electron chi connectivity index (χ3n) is 4.05. The largest absolute Gasteiger partial charge is 0.494 e. The highest BCUT2D eigenvalue weighted by Crippen LogP contribution is 2.35. The second kappa shape index (κ2) is 6.80. The molecule has 0 radical (unpaired) electrons. The molecule has 0 spiro atoms. The lowest BCUT2D eigenvalue weighted by Gasteiger charge is -2.12. The van der Waals surface area contributed by atoms with Crippen LogP contribution in [-0.2, 0) is 0 Å². The molecule has 0 amide bonds. The molecule has 1 fully saturated rings. The zero-order valence-electron chi connectivity index (χ0n) is 13.8. The zero-order valence-corrected chi connectivity index (χ0v) is 14.6. The number of benzene rings is 2. The fourth-order valence-corrected chi connectivity index (χ4v) is 3.34. The van der Waals surface area contributed by atoms with Crippen LogP contribution in [0.5, 0.6) is 5.75 Å². The SMILES string of the molecule is COc1cc2nccc(Nc3ccc(NSC4CC4)cc3)c2cc1F. The summed E-state index contributed by atoms with van der Waals surface area (Å²) < 4.78 is 22.4. The first-order valence-corrected chi connectivity index (χ1v) is 9.02. The first-order valence-electron chi connectivity index (χ1n) is 8.14. The van der Waals surface area contributed by atoms with Crippen LogP contribution in [0.25, 0.3) is 10.9 Å². The van der Waals surface area contributed by atoms with E-state index in [9.17, 15) is 4.39 Å². The van der Waals surface area contributed by atoms with Crippen LogP contribution < -0.4 is 14.8 Å². The molecule has 4 nitrogen and oxygen atoms in total. The Morgan fingerprint density at radius 1 is 1.12 bits per heavy atom. The zero-order chi connectivity index (χ0) is 17.2. The second-order valence-electron chi connectivity index (χ2n) is 5.98. The maximum Gasteiger partial charge on any atom is 0.165 e. The van der Waals surface area contributed by atoms with Crippen molar-refractivity contribution in [1.29, 1.82) is 0 Å². The van der Waals surface area contributed by atoms with E-state index in [2.05, 4.69) is 15.0 Å². The molecule has 1 heterocycles. The van der Waals surface area contributed by atoms with Crippen molar-refractivity contribution in [2.75, 3.05) is 17.1 Å².